The second kappa shape index (κ2) is 7.14. The summed E-state index contributed by atoms with van der Waals surface area (Å²) < 4.78 is 12.6. The standard InChI is InChI=1S/C18H38O2Si/c1-10-16(5)18(6,7)21(19-8,20-9)17-14(3)11-13(2)12-15(17)4/h13-17H,10-12H2,1-9H3. The molecule has 0 heterocycles. The van der Waals surface area contributed by atoms with Crippen LogP contribution in [0.1, 0.15) is 67.7 Å². The van der Waals surface area contributed by atoms with Gasteiger partial charge >= 0.3 is 8.56 Å². The van der Waals surface area contributed by atoms with E-state index in [0.29, 0.717) is 23.3 Å². The van der Waals surface area contributed by atoms with Crippen molar-refractivity contribution >= 4 is 8.56 Å². The van der Waals surface area contributed by atoms with Crippen molar-refractivity contribution in [3.8, 4) is 0 Å². The van der Waals surface area contributed by atoms with Crippen LogP contribution in [-0.4, -0.2) is 22.8 Å². The van der Waals surface area contributed by atoms with Crippen LogP contribution in [0.5, 0.6) is 0 Å². The van der Waals surface area contributed by atoms with E-state index in [2.05, 4.69) is 48.5 Å². The van der Waals surface area contributed by atoms with Crippen LogP contribution in [0.15, 0.2) is 0 Å². The maximum Gasteiger partial charge on any atom is 0.347 e. The van der Waals surface area contributed by atoms with Crippen molar-refractivity contribution in [3.63, 3.8) is 0 Å². The summed E-state index contributed by atoms with van der Waals surface area (Å²) in [6.45, 7) is 16.7. The lowest BCUT2D eigenvalue weighted by molar-refractivity contribution is 0.122. The van der Waals surface area contributed by atoms with Crippen molar-refractivity contribution in [3.05, 3.63) is 0 Å². The molecule has 3 heteroatoms. The van der Waals surface area contributed by atoms with E-state index in [0.717, 1.165) is 5.92 Å². The van der Waals surface area contributed by atoms with E-state index in [1.165, 1.54) is 19.3 Å². The Kier molecular flexibility index (Phi) is 6.52. The van der Waals surface area contributed by atoms with Crippen molar-refractivity contribution in [2.45, 2.75) is 78.3 Å². The van der Waals surface area contributed by atoms with Crippen molar-refractivity contribution in [2.24, 2.45) is 23.7 Å². The summed E-state index contributed by atoms with van der Waals surface area (Å²) in [4.78, 5) is 0. The van der Waals surface area contributed by atoms with Crippen LogP contribution in [0.4, 0.5) is 0 Å². The molecule has 1 rings (SSSR count). The molecule has 0 saturated heterocycles. The third-order valence-corrected chi connectivity index (χ3v) is 12.1. The third-order valence-electron chi connectivity index (χ3n) is 6.56. The zero-order chi connectivity index (χ0) is 16.4. The quantitative estimate of drug-likeness (QED) is 0.592. The van der Waals surface area contributed by atoms with Crippen LogP contribution in [0.2, 0.25) is 10.6 Å². The Hall–Kier alpha value is 0.137. The first kappa shape index (κ1) is 19.2. The van der Waals surface area contributed by atoms with Crippen molar-refractivity contribution in [2.75, 3.05) is 14.2 Å². The smallest absolute Gasteiger partial charge is 0.347 e. The number of hydrogen-bond donors (Lipinski definition) is 0. The van der Waals surface area contributed by atoms with Gasteiger partial charge in [0, 0.05) is 24.8 Å². The Morgan fingerprint density at radius 1 is 1.05 bits per heavy atom. The molecule has 3 atom stereocenters. The molecule has 0 N–H and O–H groups in total. The summed E-state index contributed by atoms with van der Waals surface area (Å²) in [6, 6.07) is 0. The Morgan fingerprint density at radius 2 is 1.48 bits per heavy atom. The Morgan fingerprint density at radius 3 is 1.81 bits per heavy atom. The lowest BCUT2D eigenvalue weighted by Gasteiger charge is -2.54. The van der Waals surface area contributed by atoms with E-state index in [4.69, 9.17) is 8.85 Å². The van der Waals surface area contributed by atoms with Crippen molar-refractivity contribution in [1.82, 2.24) is 0 Å². The van der Waals surface area contributed by atoms with Gasteiger partial charge in [-0.2, -0.15) is 0 Å². The summed E-state index contributed by atoms with van der Waals surface area (Å²) in [5, 5.41) is 0.124. The fraction of sp³-hybridized carbons (Fsp3) is 1.00. The Balaban J connectivity index is 3.26. The second-order valence-corrected chi connectivity index (χ2v) is 12.3. The van der Waals surface area contributed by atoms with Crippen LogP contribution >= 0.6 is 0 Å². The van der Waals surface area contributed by atoms with Gasteiger partial charge in [0.2, 0.25) is 0 Å². The average molecular weight is 315 g/mol. The van der Waals surface area contributed by atoms with Gasteiger partial charge < -0.3 is 8.85 Å². The molecular formula is C18H38O2Si. The maximum absolute atomic E-state index is 6.31. The maximum atomic E-state index is 6.31. The van der Waals surface area contributed by atoms with Gasteiger partial charge in [0.1, 0.15) is 0 Å². The molecule has 0 spiro atoms. The first-order valence-electron chi connectivity index (χ1n) is 8.78. The summed E-state index contributed by atoms with van der Waals surface area (Å²) in [6.07, 6.45) is 3.81. The molecule has 126 valence electrons. The minimum absolute atomic E-state index is 0.124. The summed E-state index contributed by atoms with van der Waals surface area (Å²) in [7, 11) is 1.49. The minimum atomic E-state index is -2.31. The molecule has 0 aliphatic heterocycles. The summed E-state index contributed by atoms with van der Waals surface area (Å²) >= 11 is 0. The Labute approximate surface area is 134 Å². The van der Waals surface area contributed by atoms with Gasteiger partial charge in [-0.25, -0.2) is 0 Å². The molecule has 1 aliphatic carbocycles. The highest BCUT2D eigenvalue weighted by Crippen LogP contribution is 2.58. The molecule has 1 saturated carbocycles. The SMILES string of the molecule is CCC(C)C(C)(C)[Si](OC)(OC)C1C(C)CC(C)CC1C. The first-order chi connectivity index (χ1) is 9.67. The zero-order valence-corrected chi connectivity index (χ0v) is 16.8. The second-order valence-electron chi connectivity index (χ2n) is 8.16. The lowest BCUT2D eigenvalue weighted by atomic mass is 9.77. The van der Waals surface area contributed by atoms with Crippen molar-refractivity contribution < 1.29 is 8.85 Å². The monoisotopic (exact) mass is 314 g/mol. The largest absolute Gasteiger partial charge is 0.397 e. The zero-order valence-electron chi connectivity index (χ0n) is 15.8. The predicted octanol–water partition coefficient (Wildman–Crippen LogP) is 5.62. The molecular weight excluding hydrogens is 276 g/mol. The van der Waals surface area contributed by atoms with Crippen LogP contribution in [0.3, 0.4) is 0 Å². The number of hydrogen-bond acceptors (Lipinski definition) is 2. The van der Waals surface area contributed by atoms with E-state index < -0.39 is 8.56 Å². The highest BCUT2D eigenvalue weighted by molar-refractivity contribution is 6.72. The molecule has 0 radical (unpaired) electrons. The first-order valence-corrected chi connectivity index (χ1v) is 10.7. The van der Waals surface area contributed by atoms with Gasteiger partial charge in [0.15, 0.2) is 0 Å². The van der Waals surface area contributed by atoms with Crippen LogP contribution in [-0.2, 0) is 8.85 Å². The van der Waals surface area contributed by atoms with Crippen molar-refractivity contribution in [1.29, 1.82) is 0 Å². The molecule has 0 aromatic carbocycles. The molecule has 0 bridgehead atoms. The van der Waals surface area contributed by atoms with E-state index in [-0.39, 0.29) is 5.04 Å². The molecule has 1 fully saturated rings. The van der Waals surface area contributed by atoms with Gasteiger partial charge in [0.05, 0.1) is 0 Å². The average Bonchev–Trinajstić information content (AvgIpc) is 2.41. The normalized spacial score (nSPS) is 33.0. The van der Waals surface area contributed by atoms with E-state index >= 15 is 0 Å². The molecule has 21 heavy (non-hydrogen) atoms. The van der Waals surface area contributed by atoms with Crippen LogP contribution in [0.25, 0.3) is 0 Å². The van der Waals surface area contributed by atoms with Gasteiger partial charge in [-0.1, -0.05) is 54.9 Å². The molecule has 2 nitrogen and oxygen atoms in total. The molecule has 3 unspecified atom stereocenters. The predicted molar refractivity (Wildman–Crippen MR) is 93.7 cm³/mol. The van der Waals surface area contributed by atoms with E-state index in [9.17, 15) is 0 Å². The highest BCUT2D eigenvalue weighted by Gasteiger charge is 2.61. The summed E-state index contributed by atoms with van der Waals surface area (Å²) in [5.74, 6) is 2.83. The molecule has 0 aromatic rings. The summed E-state index contributed by atoms with van der Waals surface area (Å²) in [5.41, 5.74) is 0.590. The van der Waals surface area contributed by atoms with Gasteiger partial charge in [-0.05, 0) is 36.5 Å². The third kappa shape index (κ3) is 3.25. The topological polar surface area (TPSA) is 18.5 Å². The van der Waals surface area contributed by atoms with Crippen LogP contribution < -0.4 is 0 Å². The van der Waals surface area contributed by atoms with Gasteiger partial charge in [-0.3, -0.25) is 0 Å². The fourth-order valence-electron chi connectivity index (χ4n) is 5.13. The molecule has 1 aliphatic rings. The van der Waals surface area contributed by atoms with Crippen LogP contribution in [0, 0.1) is 23.7 Å². The van der Waals surface area contributed by atoms with E-state index in [1.54, 1.807) is 0 Å². The fourth-order valence-corrected chi connectivity index (χ4v) is 10.4. The number of rotatable bonds is 6. The Bertz CT molecular complexity index is 313. The molecule has 0 aromatic heterocycles. The van der Waals surface area contributed by atoms with E-state index in [1.807, 2.05) is 14.2 Å². The molecule has 0 amide bonds. The highest BCUT2D eigenvalue weighted by atomic mass is 28.4. The minimum Gasteiger partial charge on any atom is -0.397 e. The lowest BCUT2D eigenvalue weighted by Crippen LogP contribution is -2.60. The van der Waals surface area contributed by atoms with Gasteiger partial charge in [-0.15, -0.1) is 0 Å². The van der Waals surface area contributed by atoms with Gasteiger partial charge in [0.25, 0.3) is 0 Å².